The summed E-state index contributed by atoms with van der Waals surface area (Å²) in [5, 5.41) is 1.05. The molecular weight excluding hydrogens is 326 g/mol. The zero-order valence-electron chi connectivity index (χ0n) is 10.4. The van der Waals surface area contributed by atoms with Crippen molar-refractivity contribution in [3.63, 3.8) is 0 Å². The van der Waals surface area contributed by atoms with E-state index < -0.39 is 19.7 Å². The Bertz CT molecular complexity index is 607. The highest BCUT2D eigenvalue weighted by atomic mass is 32.2. The summed E-state index contributed by atoms with van der Waals surface area (Å²) >= 11 is 6.57. The van der Waals surface area contributed by atoms with E-state index in [0.29, 0.717) is 10.7 Å². The molecule has 2 heterocycles. The van der Waals surface area contributed by atoms with Crippen molar-refractivity contribution in [3.8, 4) is 0 Å². The van der Waals surface area contributed by atoms with Crippen LogP contribution in [0, 0.1) is 0 Å². The number of rotatable bonds is 2. The van der Waals surface area contributed by atoms with Crippen LogP contribution in [0.3, 0.4) is 0 Å². The maximum absolute atomic E-state index is 11.4. The molecule has 0 spiro atoms. The van der Waals surface area contributed by atoms with Gasteiger partial charge in [-0.3, -0.25) is 0 Å². The minimum absolute atomic E-state index is 0.0641. The van der Waals surface area contributed by atoms with Gasteiger partial charge in [-0.15, -0.1) is 0 Å². The molecule has 1 saturated heterocycles. The molecule has 0 radical (unpaired) electrons. The first-order valence-electron chi connectivity index (χ1n) is 5.73. The number of thiocarbonyl (C=S) groups is 1. The van der Waals surface area contributed by atoms with Crippen LogP contribution >= 0.6 is 24.0 Å². The number of thioether (sulfide) groups is 1. The molecule has 2 aliphatic heterocycles. The van der Waals surface area contributed by atoms with E-state index in [1.165, 1.54) is 17.2 Å². The second-order valence-electron chi connectivity index (χ2n) is 4.75. The van der Waals surface area contributed by atoms with Gasteiger partial charge in [0.15, 0.2) is 19.7 Å². The molecule has 0 aromatic rings. The molecule has 5 nitrogen and oxygen atoms in total. The Hall–Kier alpha value is -0.120. The van der Waals surface area contributed by atoms with E-state index >= 15 is 0 Å². The molecule has 1 fully saturated rings. The summed E-state index contributed by atoms with van der Waals surface area (Å²) in [6.07, 6.45) is 2.21. The zero-order valence-corrected chi connectivity index (χ0v) is 13.6. The molecule has 108 valence electrons. The van der Waals surface area contributed by atoms with E-state index in [0.717, 1.165) is 0 Å². The van der Waals surface area contributed by atoms with Crippen molar-refractivity contribution in [2.75, 3.05) is 24.3 Å². The Morgan fingerprint density at radius 3 is 2.47 bits per heavy atom. The van der Waals surface area contributed by atoms with Crippen LogP contribution < -0.4 is 0 Å². The molecule has 0 aromatic carbocycles. The summed E-state index contributed by atoms with van der Waals surface area (Å²) < 4.78 is 46.0. The molecule has 0 amide bonds. The number of nitrogens with zero attached hydrogens (tertiary/aromatic N) is 1. The van der Waals surface area contributed by atoms with Gasteiger partial charge in [-0.05, 0) is 6.42 Å². The van der Waals surface area contributed by atoms with Crippen LogP contribution in [0.2, 0.25) is 0 Å². The van der Waals surface area contributed by atoms with Gasteiger partial charge in [0.1, 0.15) is 4.32 Å². The van der Waals surface area contributed by atoms with Crippen LogP contribution in [0.15, 0.2) is 11.5 Å². The SMILES string of the molecule is CN(C(=S)S[C@@H]1C=CS(=O)(=O)C1)[C@@H]1CCS(=O)(=O)C1. The van der Waals surface area contributed by atoms with E-state index in [1.807, 2.05) is 0 Å². The van der Waals surface area contributed by atoms with Crippen molar-refractivity contribution < 1.29 is 16.8 Å². The topological polar surface area (TPSA) is 71.5 Å². The van der Waals surface area contributed by atoms with Gasteiger partial charge >= 0.3 is 0 Å². The number of sulfone groups is 2. The van der Waals surface area contributed by atoms with Gasteiger partial charge in [-0.1, -0.05) is 30.1 Å². The molecule has 0 aromatic heterocycles. The number of hydrogen-bond acceptors (Lipinski definition) is 6. The highest BCUT2D eigenvalue weighted by molar-refractivity contribution is 8.23. The predicted molar refractivity (Wildman–Crippen MR) is 81.7 cm³/mol. The maximum Gasteiger partial charge on any atom is 0.172 e. The molecule has 2 aliphatic rings. The first-order chi connectivity index (χ1) is 8.69. The smallest absolute Gasteiger partial charge is 0.172 e. The Kier molecular flexibility index (Phi) is 4.29. The lowest BCUT2D eigenvalue weighted by Gasteiger charge is -2.26. The minimum Gasteiger partial charge on any atom is -0.357 e. The molecule has 9 heteroatoms. The van der Waals surface area contributed by atoms with Crippen LogP contribution in [0.1, 0.15) is 6.42 Å². The zero-order chi connectivity index (χ0) is 14.3. The predicted octanol–water partition coefficient (Wildman–Crippen LogP) is 0.434. The second-order valence-corrected chi connectivity index (χ2v) is 10.8. The molecule has 0 bridgehead atoms. The van der Waals surface area contributed by atoms with Crippen molar-refractivity contribution in [3.05, 3.63) is 11.5 Å². The van der Waals surface area contributed by atoms with Crippen molar-refractivity contribution in [1.29, 1.82) is 0 Å². The molecule has 0 aliphatic carbocycles. The van der Waals surface area contributed by atoms with Gasteiger partial charge in [0.05, 0.1) is 17.3 Å². The van der Waals surface area contributed by atoms with Gasteiger partial charge in [0, 0.05) is 23.7 Å². The average molecular weight is 342 g/mol. The Morgan fingerprint density at radius 1 is 1.32 bits per heavy atom. The summed E-state index contributed by atoms with van der Waals surface area (Å²) in [7, 11) is -4.25. The van der Waals surface area contributed by atoms with Gasteiger partial charge in [0.25, 0.3) is 0 Å². The molecule has 2 atom stereocenters. The largest absolute Gasteiger partial charge is 0.357 e. The van der Waals surface area contributed by atoms with Crippen LogP contribution in [0.4, 0.5) is 0 Å². The Morgan fingerprint density at radius 2 is 2.00 bits per heavy atom. The lowest BCUT2D eigenvalue weighted by Crippen LogP contribution is -2.36. The molecule has 0 N–H and O–H groups in total. The Labute approximate surface area is 123 Å². The Balaban J connectivity index is 1.92. The van der Waals surface area contributed by atoms with Crippen LogP contribution in [-0.2, 0) is 19.7 Å². The van der Waals surface area contributed by atoms with Gasteiger partial charge in [-0.25, -0.2) is 16.8 Å². The highest BCUT2D eigenvalue weighted by Gasteiger charge is 2.33. The van der Waals surface area contributed by atoms with Crippen molar-refractivity contribution >= 4 is 48.0 Å². The maximum atomic E-state index is 11.4. The first kappa shape index (κ1) is 15.3. The number of hydrogen-bond donors (Lipinski definition) is 0. The fourth-order valence-corrected chi connectivity index (χ4v) is 7.14. The summed E-state index contributed by atoms with van der Waals surface area (Å²) in [5.41, 5.74) is 0. The minimum atomic E-state index is -3.08. The van der Waals surface area contributed by atoms with E-state index in [-0.39, 0.29) is 28.6 Å². The molecule has 2 rings (SSSR count). The third-order valence-corrected chi connectivity index (χ3v) is 8.24. The fraction of sp³-hybridized carbons (Fsp3) is 0.700. The van der Waals surface area contributed by atoms with E-state index in [9.17, 15) is 16.8 Å². The molecule has 0 unspecified atom stereocenters. The lowest BCUT2D eigenvalue weighted by molar-refractivity contribution is 0.409. The fourth-order valence-electron chi connectivity index (χ4n) is 2.06. The highest BCUT2D eigenvalue weighted by Crippen LogP contribution is 2.26. The third kappa shape index (κ3) is 3.93. The lowest BCUT2D eigenvalue weighted by atomic mass is 10.2. The summed E-state index contributed by atoms with van der Waals surface area (Å²) in [5.74, 6) is 0.393. The second kappa shape index (κ2) is 5.34. The third-order valence-electron chi connectivity index (χ3n) is 3.19. The molecular formula is C10H15NO4S4. The molecule has 19 heavy (non-hydrogen) atoms. The monoisotopic (exact) mass is 341 g/mol. The van der Waals surface area contributed by atoms with E-state index in [4.69, 9.17) is 12.2 Å². The average Bonchev–Trinajstić information content (AvgIpc) is 2.80. The van der Waals surface area contributed by atoms with Crippen molar-refractivity contribution in [1.82, 2.24) is 4.90 Å². The van der Waals surface area contributed by atoms with E-state index in [2.05, 4.69) is 0 Å². The first-order valence-corrected chi connectivity index (χ1v) is 10.6. The van der Waals surface area contributed by atoms with Crippen molar-refractivity contribution in [2.24, 2.45) is 0 Å². The standard InChI is InChI=1S/C10H15NO4S4/c1-11(8-2-4-18(12,13)6-8)10(16)17-9-3-5-19(14,15)7-9/h3,5,8-9H,2,4,6-7H2,1H3/t8-,9-/m1/s1. The van der Waals surface area contributed by atoms with E-state index in [1.54, 1.807) is 18.0 Å². The summed E-state index contributed by atoms with van der Waals surface area (Å²) in [6.45, 7) is 0. The van der Waals surface area contributed by atoms with Crippen LogP contribution in [-0.4, -0.2) is 61.7 Å². The quantitative estimate of drug-likeness (QED) is 0.675. The summed E-state index contributed by atoms with van der Waals surface area (Å²) in [6, 6.07) is -0.0908. The molecule has 0 saturated carbocycles. The van der Waals surface area contributed by atoms with Crippen LogP contribution in [0.25, 0.3) is 0 Å². The van der Waals surface area contributed by atoms with Gasteiger partial charge in [0.2, 0.25) is 0 Å². The van der Waals surface area contributed by atoms with Crippen LogP contribution in [0.5, 0.6) is 0 Å². The van der Waals surface area contributed by atoms with Gasteiger partial charge < -0.3 is 4.90 Å². The normalized spacial score (nSPS) is 31.4. The summed E-state index contributed by atoms with van der Waals surface area (Å²) in [4.78, 5) is 1.78. The van der Waals surface area contributed by atoms with Gasteiger partial charge in [-0.2, -0.15) is 0 Å². The van der Waals surface area contributed by atoms with Crippen molar-refractivity contribution in [2.45, 2.75) is 17.7 Å².